The topological polar surface area (TPSA) is 237 Å². The Balaban J connectivity index is 5.23. The minimum absolute atomic E-state index is 0.104. The lowest BCUT2D eigenvalue weighted by Crippen LogP contribution is -2.30. The average Bonchev–Trinajstić information content (AvgIpc) is 3.41. The Morgan fingerprint density at radius 3 is 0.850 bits per heavy atom. The summed E-state index contributed by atoms with van der Waals surface area (Å²) in [4.78, 5) is 72.0. The van der Waals surface area contributed by atoms with Crippen LogP contribution in [0.1, 0.15) is 298 Å². The molecule has 0 aromatic rings. The third kappa shape index (κ3) is 55.3. The van der Waals surface area contributed by atoms with E-state index in [1.54, 1.807) is 0 Å². The van der Waals surface area contributed by atoms with Crippen LogP contribution in [0.3, 0.4) is 0 Å². The molecule has 0 rings (SSSR count). The maximum atomic E-state index is 12.9. The molecule has 0 heterocycles. The molecule has 0 saturated carbocycles. The number of aliphatic hydroxyl groups excluding tert-OH is 1. The lowest BCUT2D eigenvalue weighted by molar-refractivity contribution is -0.161. The first kappa shape index (κ1) is 78.1. The van der Waals surface area contributed by atoms with Crippen molar-refractivity contribution in [1.82, 2.24) is 0 Å². The highest BCUT2D eigenvalue weighted by atomic mass is 31.2. The van der Waals surface area contributed by atoms with Crippen LogP contribution in [0.15, 0.2) is 0 Å². The monoisotopic (exact) mass is 1180 g/mol. The Kier molecular flexibility index (Phi) is 52.5. The zero-order chi connectivity index (χ0) is 59.4. The second-order valence-corrected chi connectivity index (χ2v) is 25.9. The molecule has 3 N–H and O–H groups in total. The molecule has 0 aromatic heterocycles. The number of phosphoric ester groups is 2. The number of phosphoric acid groups is 2. The van der Waals surface area contributed by atoms with E-state index in [-0.39, 0.29) is 25.7 Å². The van der Waals surface area contributed by atoms with Crippen LogP contribution in [0.4, 0.5) is 0 Å². The number of carbonyl (C=O) groups is 4. The largest absolute Gasteiger partial charge is 0.472 e. The zero-order valence-electron chi connectivity index (χ0n) is 51.4. The van der Waals surface area contributed by atoms with Gasteiger partial charge in [-0.2, -0.15) is 0 Å². The van der Waals surface area contributed by atoms with Crippen molar-refractivity contribution >= 4 is 39.5 Å². The summed E-state index contributed by atoms with van der Waals surface area (Å²) in [5.41, 5.74) is 0. The molecule has 5 atom stereocenters. The lowest BCUT2D eigenvalue weighted by Gasteiger charge is -2.21. The molecule has 19 heteroatoms. The molecule has 0 radical (unpaired) electrons. The fourth-order valence-corrected chi connectivity index (χ4v) is 10.6. The predicted octanol–water partition coefficient (Wildman–Crippen LogP) is 16.5. The van der Waals surface area contributed by atoms with E-state index in [1.807, 2.05) is 0 Å². The molecule has 0 spiro atoms. The quantitative estimate of drug-likeness (QED) is 0.0222. The van der Waals surface area contributed by atoms with Crippen molar-refractivity contribution in [2.24, 2.45) is 11.8 Å². The van der Waals surface area contributed by atoms with Gasteiger partial charge in [-0.1, -0.05) is 247 Å². The van der Waals surface area contributed by atoms with Crippen molar-refractivity contribution < 1.29 is 80.2 Å². The maximum Gasteiger partial charge on any atom is 0.472 e. The highest BCUT2D eigenvalue weighted by Gasteiger charge is 2.30. The van der Waals surface area contributed by atoms with Gasteiger partial charge in [0.15, 0.2) is 12.2 Å². The van der Waals surface area contributed by atoms with E-state index in [1.165, 1.54) is 109 Å². The molecule has 0 aliphatic rings. The van der Waals surface area contributed by atoms with Crippen molar-refractivity contribution in [1.29, 1.82) is 0 Å². The zero-order valence-corrected chi connectivity index (χ0v) is 53.2. The Labute approximate surface area is 486 Å². The van der Waals surface area contributed by atoms with E-state index in [0.717, 1.165) is 102 Å². The van der Waals surface area contributed by atoms with Gasteiger partial charge in [0.2, 0.25) is 0 Å². The number of hydrogen-bond donors (Lipinski definition) is 3. The summed E-state index contributed by atoms with van der Waals surface area (Å²) < 4.78 is 67.8. The summed E-state index contributed by atoms with van der Waals surface area (Å²) in [7, 11) is -9.88. The molecule has 0 bridgehead atoms. The van der Waals surface area contributed by atoms with Crippen LogP contribution < -0.4 is 0 Å². The highest BCUT2D eigenvalue weighted by Crippen LogP contribution is 2.45. The van der Waals surface area contributed by atoms with Crippen LogP contribution in [0.2, 0.25) is 0 Å². The van der Waals surface area contributed by atoms with E-state index in [2.05, 4.69) is 41.5 Å². The normalized spacial score (nSPS) is 14.4. The number of esters is 4. The number of rotatable bonds is 60. The highest BCUT2D eigenvalue weighted by molar-refractivity contribution is 7.47. The van der Waals surface area contributed by atoms with Crippen molar-refractivity contribution in [2.45, 2.75) is 317 Å². The molecule has 0 saturated heterocycles. The fraction of sp³-hybridized carbons (Fsp3) is 0.934. The number of hydrogen-bond acceptors (Lipinski definition) is 15. The summed E-state index contributed by atoms with van der Waals surface area (Å²) >= 11 is 0. The van der Waals surface area contributed by atoms with E-state index in [9.17, 15) is 43.2 Å². The van der Waals surface area contributed by atoms with Crippen LogP contribution >= 0.6 is 15.6 Å². The first-order chi connectivity index (χ1) is 38.4. The number of unbranched alkanes of at least 4 members (excludes halogenated alkanes) is 30. The van der Waals surface area contributed by atoms with Gasteiger partial charge in [0, 0.05) is 25.7 Å². The lowest BCUT2D eigenvalue weighted by atomic mass is 10.0. The molecule has 2 unspecified atom stereocenters. The summed E-state index contributed by atoms with van der Waals surface area (Å²) in [6, 6.07) is 0. The Bertz CT molecular complexity index is 1580. The summed E-state index contributed by atoms with van der Waals surface area (Å²) in [5, 5.41) is 10.5. The van der Waals surface area contributed by atoms with Gasteiger partial charge in [0.1, 0.15) is 19.3 Å². The van der Waals surface area contributed by atoms with Gasteiger partial charge in [-0.05, 0) is 37.5 Å². The van der Waals surface area contributed by atoms with Crippen LogP contribution in [0.25, 0.3) is 0 Å². The first-order valence-electron chi connectivity index (χ1n) is 32.0. The molecule has 0 amide bonds. The molecule has 80 heavy (non-hydrogen) atoms. The predicted molar refractivity (Wildman–Crippen MR) is 317 cm³/mol. The van der Waals surface area contributed by atoms with Gasteiger partial charge in [0.25, 0.3) is 0 Å². The number of aliphatic hydroxyl groups is 1. The summed E-state index contributed by atoms with van der Waals surface area (Å²) in [5.74, 6) is -0.700. The first-order valence-corrected chi connectivity index (χ1v) is 35.0. The van der Waals surface area contributed by atoms with Gasteiger partial charge < -0.3 is 33.8 Å². The van der Waals surface area contributed by atoms with Crippen molar-refractivity contribution in [3.63, 3.8) is 0 Å². The molecule has 0 aliphatic carbocycles. The molecule has 474 valence electrons. The molecule has 0 aliphatic heterocycles. The van der Waals surface area contributed by atoms with E-state index in [4.69, 9.17) is 37.0 Å². The van der Waals surface area contributed by atoms with Crippen LogP contribution in [-0.2, 0) is 65.4 Å². The van der Waals surface area contributed by atoms with E-state index >= 15 is 0 Å². The van der Waals surface area contributed by atoms with Gasteiger partial charge in [0.05, 0.1) is 26.4 Å². The van der Waals surface area contributed by atoms with Crippen molar-refractivity contribution in [3.05, 3.63) is 0 Å². The van der Waals surface area contributed by atoms with Gasteiger partial charge >= 0.3 is 39.5 Å². The summed E-state index contributed by atoms with van der Waals surface area (Å²) in [6.45, 7) is 9.36. The smallest absolute Gasteiger partial charge is 0.462 e. The second kappa shape index (κ2) is 53.8. The second-order valence-electron chi connectivity index (χ2n) is 23.0. The average molecular weight is 1190 g/mol. The van der Waals surface area contributed by atoms with Gasteiger partial charge in [-0.3, -0.25) is 37.3 Å². The standard InChI is InChI=1S/C61H118O17P2/c1-7-9-11-13-15-18-25-31-37-43-58(63)71-49-56(77-60(65)45-39-33-26-19-16-14-12-10-8-2)51-75-79(67,68)73-47-55(62)48-74-80(69,70)76-52-57(50-72-59(64)44-38-32-28-22-24-30-36-42-54(5)6)78-61(66)46-40-34-27-21-17-20-23-29-35-41-53(3)4/h53-57,62H,7-52H2,1-6H3,(H,67,68)(H,69,70)/t55-,56+,57+/m0/s1. The minimum atomic E-state index is -4.94. The maximum absolute atomic E-state index is 12.9. The van der Waals surface area contributed by atoms with Crippen LogP contribution in [0.5, 0.6) is 0 Å². The Morgan fingerprint density at radius 2 is 0.575 bits per heavy atom. The van der Waals surface area contributed by atoms with E-state index < -0.39 is 97.5 Å². The van der Waals surface area contributed by atoms with Gasteiger partial charge in [-0.15, -0.1) is 0 Å². The molecule has 0 fully saturated rings. The molecular formula is C61H118O17P2. The third-order valence-electron chi connectivity index (χ3n) is 14.0. The summed E-state index contributed by atoms with van der Waals surface area (Å²) in [6.07, 6.45) is 34.9. The SMILES string of the molecule is CCCCCCCCCCCC(=O)OC[C@H](COP(=O)(O)OC[C@H](O)COP(=O)(O)OC[C@@H](COC(=O)CCCCCCCCCC(C)C)OC(=O)CCCCCCCCCCCC(C)C)OC(=O)CCCCCCCCCCC. The molecule has 17 nitrogen and oxygen atoms in total. The van der Waals surface area contributed by atoms with Crippen LogP contribution in [-0.4, -0.2) is 96.7 Å². The van der Waals surface area contributed by atoms with Gasteiger partial charge in [-0.25, -0.2) is 9.13 Å². The van der Waals surface area contributed by atoms with Crippen LogP contribution in [0, 0.1) is 11.8 Å². The number of carbonyl (C=O) groups excluding carboxylic acids is 4. The molecular weight excluding hydrogens is 1070 g/mol. The fourth-order valence-electron chi connectivity index (χ4n) is 9.00. The van der Waals surface area contributed by atoms with Crippen molar-refractivity contribution in [2.75, 3.05) is 39.6 Å². The third-order valence-corrected chi connectivity index (χ3v) is 15.9. The van der Waals surface area contributed by atoms with E-state index in [0.29, 0.717) is 31.6 Å². The minimum Gasteiger partial charge on any atom is -0.462 e. The Morgan fingerprint density at radius 1 is 0.338 bits per heavy atom. The van der Waals surface area contributed by atoms with Crippen molar-refractivity contribution in [3.8, 4) is 0 Å². The molecule has 0 aromatic carbocycles. The Hall–Kier alpha value is -1.94. The number of ether oxygens (including phenoxy) is 4.